The average Bonchev–Trinajstić information content (AvgIpc) is 2.73. The van der Waals surface area contributed by atoms with E-state index in [1.807, 2.05) is 36.4 Å². The molecule has 4 rings (SSSR count). The fourth-order valence-electron chi connectivity index (χ4n) is 3.90. The third-order valence-electron chi connectivity index (χ3n) is 5.22. The summed E-state index contributed by atoms with van der Waals surface area (Å²) in [4.78, 5) is 24.3. The van der Waals surface area contributed by atoms with Crippen molar-refractivity contribution in [2.75, 3.05) is 20.2 Å². The van der Waals surface area contributed by atoms with Gasteiger partial charge in [-0.3, -0.25) is 19.7 Å². The van der Waals surface area contributed by atoms with Crippen LogP contribution in [0.1, 0.15) is 28.8 Å². The Hall–Kier alpha value is -2.79. The van der Waals surface area contributed by atoms with Crippen molar-refractivity contribution in [1.29, 1.82) is 0 Å². The van der Waals surface area contributed by atoms with E-state index in [-0.39, 0.29) is 11.7 Å². The van der Waals surface area contributed by atoms with Crippen LogP contribution in [-0.2, 0) is 6.54 Å². The van der Waals surface area contributed by atoms with Gasteiger partial charge in [0, 0.05) is 31.4 Å². The van der Waals surface area contributed by atoms with Crippen LogP contribution in [0.5, 0.6) is 5.75 Å². The summed E-state index contributed by atoms with van der Waals surface area (Å²) in [6, 6.07) is 13.6. The molecule has 27 heavy (non-hydrogen) atoms. The van der Waals surface area contributed by atoms with Crippen molar-refractivity contribution in [3.63, 3.8) is 0 Å². The van der Waals surface area contributed by atoms with Crippen LogP contribution in [0.3, 0.4) is 0 Å². The lowest BCUT2D eigenvalue weighted by atomic mass is 9.89. The van der Waals surface area contributed by atoms with Gasteiger partial charge in [0.05, 0.1) is 23.7 Å². The molecule has 1 aliphatic heterocycles. The molecule has 2 heterocycles. The SMILES string of the molecule is COc1ccccc1C(=O)[C@H]1CCCN(Cc2cccc3nccnc23)C1. The van der Waals surface area contributed by atoms with Gasteiger partial charge in [0.15, 0.2) is 5.78 Å². The van der Waals surface area contributed by atoms with Gasteiger partial charge in [0.2, 0.25) is 0 Å². The topological polar surface area (TPSA) is 55.3 Å². The maximum absolute atomic E-state index is 13.1. The first kappa shape index (κ1) is 17.6. The minimum Gasteiger partial charge on any atom is -0.496 e. The van der Waals surface area contributed by atoms with Gasteiger partial charge in [-0.1, -0.05) is 24.3 Å². The maximum Gasteiger partial charge on any atom is 0.170 e. The molecule has 0 unspecified atom stereocenters. The molecule has 0 bridgehead atoms. The van der Waals surface area contributed by atoms with Crippen LogP contribution in [0.15, 0.2) is 54.9 Å². The zero-order chi connectivity index (χ0) is 18.6. The van der Waals surface area contributed by atoms with Gasteiger partial charge in [0.25, 0.3) is 0 Å². The molecule has 5 heteroatoms. The van der Waals surface area contributed by atoms with Crippen molar-refractivity contribution in [3.05, 3.63) is 66.0 Å². The van der Waals surface area contributed by atoms with Gasteiger partial charge < -0.3 is 4.74 Å². The largest absolute Gasteiger partial charge is 0.496 e. The highest BCUT2D eigenvalue weighted by atomic mass is 16.5. The molecule has 0 amide bonds. The number of ether oxygens (including phenoxy) is 1. The first-order valence-electron chi connectivity index (χ1n) is 9.34. The summed E-state index contributed by atoms with van der Waals surface area (Å²) in [5.74, 6) is 0.829. The summed E-state index contributed by atoms with van der Waals surface area (Å²) in [5.41, 5.74) is 3.70. The van der Waals surface area contributed by atoms with E-state index in [4.69, 9.17) is 4.74 Å². The number of para-hydroxylation sites is 2. The van der Waals surface area contributed by atoms with Crippen molar-refractivity contribution < 1.29 is 9.53 Å². The lowest BCUT2D eigenvalue weighted by Gasteiger charge is -2.32. The summed E-state index contributed by atoms with van der Waals surface area (Å²) in [7, 11) is 1.61. The van der Waals surface area contributed by atoms with E-state index < -0.39 is 0 Å². The normalized spacial score (nSPS) is 17.7. The average molecular weight is 361 g/mol. The number of rotatable bonds is 5. The molecule has 138 valence electrons. The number of fused-ring (bicyclic) bond motifs is 1. The monoisotopic (exact) mass is 361 g/mol. The molecule has 3 aromatic rings. The second-order valence-corrected chi connectivity index (χ2v) is 6.98. The number of carbonyl (C=O) groups excluding carboxylic acids is 1. The number of methoxy groups -OCH3 is 1. The fraction of sp³-hybridized carbons (Fsp3) is 0.318. The molecule has 1 saturated heterocycles. The number of hydrogen-bond acceptors (Lipinski definition) is 5. The first-order chi connectivity index (χ1) is 13.3. The number of nitrogens with zero attached hydrogens (tertiary/aromatic N) is 3. The van der Waals surface area contributed by atoms with Gasteiger partial charge >= 0.3 is 0 Å². The molecule has 1 aliphatic rings. The van der Waals surface area contributed by atoms with Crippen molar-refractivity contribution in [2.24, 2.45) is 5.92 Å². The van der Waals surface area contributed by atoms with Crippen LogP contribution in [0, 0.1) is 5.92 Å². The fourth-order valence-corrected chi connectivity index (χ4v) is 3.90. The molecular formula is C22H23N3O2. The van der Waals surface area contributed by atoms with Gasteiger partial charge in [-0.05, 0) is 43.1 Å². The molecule has 0 radical (unpaired) electrons. The van der Waals surface area contributed by atoms with Crippen LogP contribution in [-0.4, -0.2) is 40.9 Å². The van der Waals surface area contributed by atoms with Gasteiger partial charge in [0.1, 0.15) is 5.75 Å². The summed E-state index contributed by atoms with van der Waals surface area (Å²) < 4.78 is 5.38. The Labute approximate surface area is 159 Å². The molecule has 2 aromatic carbocycles. The van der Waals surface area contributed by atoms with Crippen molar-refractivity contribution in [3.8, 4) is 5.75 Å². The van der Waals surface area contributed by atoms with Crippen molar-refractivity contribution in [1.82, 2.24) is 14.9 Å². The Morgan fingerprint density at radius 2 is 2.00 bits per heavy atom. The third kappa shape index (κ3) is 3.69. The highest BCUT2D eigenvalue weighted by Crippen LogP contribution is 2.27. The van der Waals surface area contributed by atoms with Crippen LogP contribution in [0.4, 0.5) is 0 Å². The van der Waals surface area contributed by atoms with Crippen LogP contribution >= 0.6 is 0 Å². The molecule has 0 spiro atoms. The Kier molecular flexibility index (Phi) is 5.12. The quantitative estimate of drug-likeness (QED) is 0.648. The molecule has 5 nitrogen and oxygen atoms in total. The standard InChI is InChI=1S/C22H23N3O2/c1-27-20-10-3-2-8-18(20)22(26)17-7-5-13-25(15-17)14-16-6-4-9-19-21(16)24-12-11-23-19/h2-4,6,8-12,17H,5,7,13-15H2,1H3/t17-/m0/s1. The van der Waals surface area contributed by atoms with Gasteiger partial charge in [-0.15, -0.1) is 0 Å². The van der Waals surface area contributed by atoms with Crippen molar-refractivity contribution in [2.45, 2.75) is 19.4 Å². The Balaban J connectivity index is 1.52. The second-order valence-electron chi connectivity index (χ2n) is 6.98. The highest BCUT2D eigenvalue weighted by molar-refractivity contribution is 6.00. The predicted molar refractivity (Wildman–Crippen MR) is 105 cm³/mol. The van der Waals surface area contributed by atoms with E-state index in [9.17, 15) is 4.79 Å². The number of piperidine rings is 1. The zero-order valence-corrected chi connectivity index (χ0v) is 15.5. The van der Waals surface area contributed by atoms with Crippen LogP contribution < -0.4 is 4.74 Å². The molecular weight excluding hydrogens is 338 g/mol. The number of aromatic nitrogens is 2. The smallest absolute Gasteiger partial charge is 0.170 e. The zero-order valence-electron chi connectivity index (χ0n) is 15.5. The Morgan fingerprint density at radius 3 is 2.89 bits per heavy atom. The third-order valence-corrected chi connectivity index (χ3v) is 5.22. The minimum atomic E-state index is -0.00360. The highest BCUT2D eigenvalue weighted by Gasteiger charge is 2.28. The summed E-state index contributed by atoms with van der Waals surface area (Å²) >= 11 is 0. The van der Waals surface area contributed by atoms with E-state index in [2.05, 4.69) is 20.9 Å². The number of benzene rings is 2. The van der Waals surface area contributed by atoms with E-state index >= 15 is 0 Å². The minimum absolute atomic E-state index is 0.00360. The van der Waals surface area contributed by atoms with Gasteiger partial charge in [-0.2, -0.15) is 0 Å². The summed E-state index contributed by atoms with van der Waals surface area (Å²) in [5, 5.41) is 0. The van der Waals surface area contributed by atoms with E-state index in [0.29, 0.717) is 11.3 Å². The molecule has 0 N–H and O–H groups in total. The molecule has 0 aliphatic carbocycles. The number of likely N-dealkylation sites (tertiary alicyclic amines) is 1. The van der Waals surface area contributed by atoms with Crippen molar-refractivity contribution >= 4 is 16.8 Å². The van der Waals surface area contributed by atoms with Crippen LogP contribution in [0.2, 0.25) is 0 Å². The number of carbonyl (C=O) groups is 1. The summed E-state index contributed by atoms with van der Waals surface area (Å²) in [6.07, 6.45) is 5.38. The van der Waals surface area contributed by atoms with Gasteiger partial charge in [-0.25, -0.2) is 0 Å². The van der Waals surface area contributed by atoms with E-state index in [1.165, 1.54) is 0 Å². The molecule has 1 aromatic heterocycles. The number of ketones is 1. The lowest BCUT2D eigenvalue weighted by Crippen LogP contribution is -2.38. The molecule has 1 fully saturated rings. The first-order valence-corrected chi connectivity index (χ1v) is 9.34. The predicted octanol–water partition coefficient (Wildman–Crippen LogP) is 3.73. The lowest BCUT2D eigenvalue weighted by molar-refractivity contribution is 0.0809. The number of hydrogen-bond donors (Lipinski definition) is 0. The van der Waals surface area contributed by atoms with E-state index in [0.717, 1.165) is 49.1 Å². The van der Waals surface area contributed by atoms with E-state index in [1.54, 1.807) is 19.5 Å². The Morgan fingerprint density at radius 1 is 1.15 bits per heavy atom. The Bertz CT molecular complexity index is 952. The molecule has 0 saturated carbocycles. The van der Waals surface area contributed by atoms with Crippen LogP contribution in [0.25, 0.3) is 11.0 Å². The second kappa shape index (κ2) is 7.84. The number of Topliss-reactive ketones (excluding diaryl/α,β-unsaturated/α-hetero) is 1. The summed E-state index contributed by atoms with van der Waals surface area (Å²) in [6.45, 7) is 2.53. The maximum atomic E-state index is 13.1. The molecule has 1 atom stereocenters.